The molecule has 2 aromatic carbocycles. The normalized spacial score (nSPS) is 12.9. The van der Waals surface area contributed by atoms with E-state index in [1.807, 2.05) is 60.7 Å². The van der Waals surface area contributed by atoms with E-state index >= 15 is 0 Å². The number of benzene rings is 2. The van der Waals surface area contributed by atoms with Crippen LogP contribution in [0.5, 0.6) is 0 Å². The summed E-state index contributed by atoms with van der Waals surface area (Å²) in [6, 6.07) is 20.0. The largest absolute Gasteiger partial charge is 0.509 e. The predicted molar refractivity (Wildman–Crippen MR) is 123 cm³/mol. The molecule has 3 heteroatoms. The van der Waals surface area contributed by atoms with E-state index in [0.29, 0.717) is 0 Å². The van der Waals surface area contributed by atoms with Crippen LogP contribution in [0.15, 0.2) is 60.7 Å². The van der Waals surface area contributed by atoms with Gasteiger partial charge in [0.2, 0.25) is 0 Å². The van der Waals surface area contributed by atoms with Crippen molar-refractivity contribution >= 4 is 6.16 Å². The molecule has 0 spiro atoms. The summed E-state index contributed by atoms with van der Waals surface area (Å²) in [5.41, 5.74) is 2.07. The lowest BCUT2D eigenvalue weighted by molar-refractivity contribution is -0.00868. The van der Waals surface area contributed by atoms with Crippen LogP contribution in [0, 0.1) is 0 Å². The Kier molecular flexibility index (Phi) is 11.7. The van der Waals surface area contributed by atoms with Crippen LogP contribution < -0.4 is 0 Å². The molecule has 0 radical (unpaired) electrons. The number of rotatable bonds is 14. The number of unbranched alkanes of at least 4 members (excludes halogenated alkanes) is 6. The molecule has 0 fully saturated rings. The SMILES string of the molecule is CCCCCCC(OC(=O)OC(CCCCCC)c1ccccc1)c1ccccc1. The topological polar surface area (TPSA) is 35.5 Å². The Morgan fingerprint density at radius 2 is 1.03 bits per heavy atom. The molecule has 0 saturated carbocycles. The van der Waals surface area contributed by atoms with E-state index in [-0.39, 0.29) is 12.2 Å². The molecule has 0 bridgehead atoms. The van der Waals surface area contributed by atoms with Crippen LogP contribution in [0.3, 0.4) is 0 Å². The molecule has 2 aromatic rings. The molecule has 30 heavy (non-hydrogen) atoms. The van der Waals surface area contributed by atoms with E-state index < -0.39 is 6.16 Å². The fourth-order valence-electron chi connectivity index (χ4n) is 3.70. The van der Waals surface area contributed by atoms with Gasteiger partial charge in [0.1, 0.15) is 12.2 Å². The van der Waals surface area contributed by atoms with Gasteiger partial charge in [0.15, 0.2) is 0 Å². The summed E-state index contributed by atoms with van der Waals surface area (Å²) in [5.74, 6) is 0. The zero-order valence-corrected chi connectivity index (χ0v) is 18.7. The Bertz CT molecular complexity index is 624. The first-order chi connectivity index (χ1) is 14.7. The first-order valence-electron chi connectivity index (χ1n) is 11.7. The highest BCUT2D eigenvalue weighted by Crippen LogP contribution is 2.28. The van der Waals surface area contributed by atoms with Crippen molar-refractivity contribution in [2.75, 3.05) is 0 Å². The number of carbonyl (C=O) groups excluding carboxylic acids is 1. The number of carbonyl (C=O) groups is 1. The quantitative estimate of drug-likeness (QED) is 0.231. The highest BCUT2D eigenvalue weighted by Gasteiger charge is 2.22. The molecule has 3 nitrogen and oxygen atoms in total. The molecule has 164 valence electrons. The highest BCUT2D eigenvalue weighted by molar-refractivity contribution is 5.61. The zero-order chi connectivity index (χ0) is 21.4. The standard InChI is InChI=1S/C27H38O3/c1-3-5-7-15-21-25(23-17-11-9-12-18-23)29-27(28)30-26(22-16-8-6-4-2)24-19-13-10-14-20-24/h9-14,17-20,25-26H,3-8,15-16,21-22H2,1-2H3. The number of ether oxygens (including phenoxy) is 2. The van der Waals surface area contributed by atoms with Crippen molar-refractivity contribution < 1.29 is 14.3 Å². The minimum atomic E-state index is -0.566. The fraction of sp³-hybridized carbons (Fsp3) is 0.519. The Morgan fingerprint density at radius 1 is 0.633 bits per heavy atom. The van der Waals surface area contributed by atoms with E-state index in [9.17, 15) is 4.79 Å². The van der Waals surface area contributed by atoms with Crippen LogP contribution in [0.25, 0.3) is 0 Å². The van der Waals surface area contributed by atoms with E-state index in [2.05, 4.69) is 13.8 Å². The van der Waals surface area contributed by atoms with Gasteiger partial charge in [0.05, 0.1) is 0 Å². The molecular formula is C27H38O3. The zero-order valence-electron chi connectivity index (χ0n) is 18.7. The van der Waals surface area contributed by atoms with E-state index in [1.165, 1.54) is 25.7 Å². The summed E-state index contributed by atoms with van der Waals surface area (Å²) in [4.78, 5) is 12.7. The van der Waals surface area contributed by atoms with Crippen LogP contribution in [-0.2, 0) is 9.47 Å². The van der Waals surface area contributed by atoms with Gasteiger partial charge in [-0.3, -0.25) is 0 Å². The van der Waals surface area contributed by atoms with Gasteiger partial charge in [-0.1, -0.05) is 113 Å². The van der Waals surface area contributed by atoms with Crippen LogP contribution >= 0.6 is 0 Å². The molecule has 2 rings (SSSR count). The van der Waals surface area contributed by atoms with Crippen molar-refractivity contribution in [3.05, 3.63) is 71.8 Å². The third-order valence-electron chi connectivity index (χ3n) is 5.46. The molecule has 2 unspecified atom stereocenters. The van der Waals surface area contributed by atoms with Gasteiger partial charge >= 0.3 is 6.16 Å². The summed E-state index contributed by atoms with van der Waals surface area (Å²) in [5, 5.41) is 0. The third-order valence-corrected chi connectivity index (χ3v) is 5.46. The van der Waals surface area contributed by atoms with Crippen molar-refractivity contribution in [3.63, 3.8) is 0 Å². The molecule has 0 saturated heterocycles. The number of hydrogen-bond donors (Lipinski definition) is 0. The molecule has 2 atom stereocenters. The lowest BCUT2D eigenvalue weighted by Crippen LogP contribution is -2.16. The van der Waals surface area contributed by atoms with Crippen LogP contribution in [0.4, 0.5) is 4.79 Å². The summed E-state index contributed by atoms with van der Waals surface area (Å²) < 4.78 is 11.7. The molecule has 0 heterocycles. The van der Waals surface area contributed by atoms with Gasteiger partial charge in [-0.25, -0.2) is 4.79 Å². The monoisotopic (exact) mass is 410 g/mol. The second kappa shape index (κ2) is 14.7. The molecule has 0 amide bonds. The van der Waals surface area contributed by atoms with Gasteiger partial charge in [-0.2, -0.15) is 0 Å². The van der Waals surface area contributed by atoms with E-state index in [4.69, 9.17) is 9.47 Å². The van der Waals surface area contributed by atoms with Crippen molar-refractivity contribution in [2.24, 2.45) is 0 Å². The Hall–Kier alpha value is -2.29. The Labute approximate surface area is 182 Å². The summed E-state index contributed by atoms with van der Waals surface area (Å²) in [7, 11) is 0. The van der Waals surface area contributed by atoms with Gasteiger partial charge in [-0.05, 0) is 36.8 Å². The van der Waals surface area contributed by atoms with Crippen molar-refractivity contribution in [1.82, 2.24) is 0 Å². The number of hydrogen-bond acceptors (Lipinski definition) is 3. The Morgan fingerprint density at radius 3 is 1.40 bits per heavy atom. The second-order valence-corrected chi connectivity index (χ2v) is 7.98. The maximum atomic E-state index is 12.7. The lowest BCUT2D eigenvalue weighted by Gasteiger charge is -2.22. The first-order valence-corrected chi connectivity index (χ1v) is 11.7. The lowest BCUT2D eigenvalue weighted by atomic mass is 10.0. The molecule has 0 aliphatic rings. The molecule has 0 N–H and O–H groups in total. The summed E-state index contributed by atoms with van der Waals surface area (Å²) in [6.45, 7) is 4.40. The highest BCUT2D eigenvalue weighted by atomic mass is 16.7. The maximum Gasteiger partial charge on any atom is 0.509 e. The van der Waals surface area contributed by atoms with Crippen molar-refractivity contribution in [2.45, 2.75) is 90.3 Å². The van der Waals surface area contributed by atoms with E-state index in [0.717, 1.165) is 49.7 Å². The fourth-order valence-corrected chi connectivity index (χ4v) is 3.70. The van der Waals surface area contributed by atoms with E-state index in [1.54, 1.807) is 0 Å². The van der Waals surface area contributed by atoms with Gasteiger partial charge in [0, 0.05) is 0 Å². The summed E-state index contributed by atoms with van der Waals surface area (Å²) >= 11 is 0. The molecular weight excluding hydrogens is 372 g/mol. The van der Waals surface area contributed by atoms with Gasteiger partial charge in [0.25, 0.3) is 0 Å². The first kappa shape index (κ1) is 24.0. The second-order valence-electron chi connectivity index (χ2n) is 7.98. The molecule has 0 aromatic heterocycles. The van der Waals surface area contributed by atoms with Crippen LogP contribution in [-0.4, -0.2) is 6.16 Å². The van der Waals surface area contributed by atoms with Crippen LogP contribution in [0.1, 0.15) is 101 Å². The summed E-state index contributed by atoms with van der Waals surface area (Å²) in [6.07, 6.45) is 9.76. The average Bonchev–Trinajstić information content (AvgIpc) is 2.79. The van der Waals surface area contributed by atoms with Gasteiger partial charge in [-0.15, -0.1) is 0 Å². The van der Waals surface area contributed by atoms with Crippen LogP contribution in [0.2, 0.25) is 0 Å². The van der Waals surface area contributed by atoms with Crippen molar-refractivity contribution in [1.29, 1.82) is 0 Å². The van der Waals surface area contributed by atoms with Crippen molar-refractivity contribution in [3.8, 4) is 0 Å². The predicted octanol–water partition coefficient (Wildman–Crippen LogP) is 8.56. The minimum Gasteiger partial charge on any atom is -0.426 e. The third kappa shape index (κ3) is 9.02. The smallest absolute Gasteiger partial charge is 0.426 e. The van der Waals surface area contributed by atoms with Gasteiger partial charge < -0.3 is 9.47 Å². The Balaban J connectivity index is 2.00. The molecule has 0 aliphatic carbocycles. The minimum absolute atomic E-state index is 0.257. The molecule has 0 aliphatic heterocycles. The maximum absolute atomic E-state index is 12.7. The average molecular weight is 411 g/mol.